The van der Waals surface area contributed by atoms with Crippen LogP contribution in [0.1, 0.15) is 38.4 Å². The van der Waals surface area contributed by atoms with E-state index in [9.17, 15) is 0 Å². The van der Waals surface area contributed by atoms with Crippen LogP contribution in [0.5, 0.6) is 0 Å². The molecule has 0 spiro atoms. The lowest BCUT2D eigenvalue weighted by Gasteiger charge is -1.95. The minimum Gasteiger partial charge on any atom is -0.356 e. The first-order valence-electron chi connectivity index (χ1n) is 5.41. The summed E-state index contributed by atoms with van der Waals surface area (Å²) in [7, 11) is 2.09. The Morgan fingerprint density at radius 3 is 2.44 bits per heavy atom. The molecule has 16 heavy (non-hydrogen) atoms. The number of aryl methyl sites for hydroxylation is 2. The van der Waals surface area contributed by atoms with Crippen LogP contribution < -0.4 is 4.57 Å². The van der Waals surface area contributed by atoms with Crippen molar-refractivity contribution in [2.75, 3.05) is 0 Å². The molecule has 1 heterocycles. The average Bonchev–Trinajstić information content (AvgIpc) is 2.58. The van der Waals surface area contributed by atoms with Gasteiger partial charge in [-0.2, -0.15) is 0 Å². The summed E-state index contributed by atoms with van der Waals surface area (Å²) in [6, 6.07) is 0. The number of nitrogens with zero attached hydrogens (tertiary/aromatic N) is 2. The molecule has 0 amide bonds. The maximum Gasteiger partial charge on any atom is 0.253 e. The predicted octanol–water partition coefficient (Wildman–Crippen LogP) is 1.72. The monoisotopic (exact) mass is 229 g/mol. The van der Waals surface area contributed by atoms with Crippen LogP contribution in [0, 0.1) is 15.3 Å². The van der Waals surface area contributed by atoms with Crippen LogP contribution in [0.15, 0.2) is 12.4 Å². The Hall–Kier alpha value is -1.59. The van der Waals surface area contributed by atoms with E-state index in [0.717, 1.165) is 0 Å². The van der Waals surface area contributed by atoms with Crippen molar-refractivity contribution in [2.45, 2.75) is 39.0 Å². The molecule has 0 aromatic carbocycles. The van der Waals surface area contributed by atoms with Crippen LogP contribution in [0.4, 0.5) is 0 Å². The van der Waals surface area contributed by atoms with Gasteiger partial charge in [0.25, 0.3) is 5.82 Å². The quantitative estimate of drug-likeness (QED) is 0.361. The molecule has 0 saturated heterocycles. The fourth-order valence-corrected chi connectivity index (χ4v) is 1.40. The van der Waals surface area contributed by atoms with Gasteiger partial charge in [-0.1, -0.05) is 26.2 Å². The van der Waals surface area contributed by atoms with Gasteiger partial charge in [-0.25, -0.2) is 9.55 Å². The Kier molecular flexibility index (Phi) is 7.83. The van der Waals surface area contributed by atoms with Crippen LogP contribution in [0.3, 0.4) is 0 Å². The molecule has 0 aliphatic heterocycles. The number of aromatic nitrogens is 2. The van der Waals surface area contributed by atoms with Gasteiger partial charge in [-0.3, -0.25) is 0 Å². The zero-order valence-electron chi connectivity index (χ0n) is 9.81. The van der Waals surface area contributed by atoms with Crippen LogP contribution in [0.25, 0.3) is 0 Å². The Bertz CT molecular complexity index is 295. The van der Waals surface area contributed by atoms with E-state index in [-0.39, 0.29) is 0 Å². The van der Waals surface area contributed by atoms with Gasteiger partial charge in [-0.15, -0.1) is 0 Å². The molecule has 6 heteroatoms. The van der Waals surface area contributed by atoms with Crippen LogP contribution in [0.2, 0.25) is 0 Å². The molecule has 1 N–H and O–H groups in total. The molecular weight excluding hydrogens is 210 g/mol. The number of unbranched alkanes of at least 4 members (excludes halogenated alkanes) is 3. The van der Waals surface area contributed by atoms with Gasteiger partial charge in [0, 0.05) is 6.42 Å². The number of nitrogens with one attached hydrogen (secondary N) is 1. The average molecular weight is 229 g/mol. The van der Waals surface area contributed by atoms with E-state index in [1.165, 1.54) is 37.9 Å². The lowest BCUT2D eigenvalue weighted by Crippen LogP contribution is -2.30. The highest BCUT2D eigenvalue weighted by Crippen LogP contribution is 2.02. The molecule has 92 valence electrons. The largest absolute Gasteiger partial charge is 0.356 e. The number of rotatable bonds is 5. The highest BCUT2D eigenvalue weighted by Gasteiger charge is 2.04. The van der Waals surface area contributed by atoms with Gasteiger partial charge >= 0.3 is 0 Å². The van der Waals surface area contributed by atoms with Crippen molar-refractivity contribution < 1.29 is 9.65 Å². The molecule has 0 aliphatic rings. The maximum absolute atomic E-state index is 8.25. The third-order valence-electron chi connectivity index (χ3n) is 2.24. The molecule has 0 saturated carbocycles. The second-order valence-corrected chi connectivity index (χ2v) is 3.55. The van der Waals surface area contributed by atoms with Crippen molar-refractivity contribution in [3.8, 4) is 0 Å². The topological polar surface area (TPSA) is 85.9 Å². The van der Waals surface area contributed by atoms with E-state index in [0.29, 0.717) is 0 Å². The number of aromatic amines is 1. The van der Waals surface area contributed by atoms with Crippen molar-refractivity contribution in [1.82, 2.24) is 4.98 Å². The van der Waals surface area contributed by atoms with Crippen molar-refractivity contribution >= 4 is 0 Å². The van der Waals surface area contributed by atoms with Gasteiger partial charge in [-0.05, 0) is 6.42 Å². The van der Waals surface area contributed by atoms with Gasteiger partial charge in [0.15, 0.2) is 0 Å². The van der Waals surface area contributed by atoms with Gasteiger partial charge in [0.05, 0.1) is 12.1 Å². The first kappa shape index (κ1) is 14.4. The van der Waals surface area contributed by atoms with Crippen molar-refractivity contribution in [2.24, 2.45) is 7.05 Å². The number of hydrogen-bond donors (Lipinski definition) is 1. The lowest BCUT2D eigenvalue weighted by atomic mass is 10.1. The smallest absolute Gasteiger partial charge is 0.253 e. The number of H-pyrrole nitrogens is 1. The molecular formula is C10H19N3O3. The standard InChI is InChI=1S/C10H18N2.NO3/c1-3-4-5-6-7-10-11-8-9-12(10)2;2-1(3)4/h8-9H,3-7H2,1-2H3;/q;-1/p+1. The highest BCUT2D eigenvalue weighted by atomic mass is 16.9. The summed E-state index contributed by atoms with van der Waals surface area (Å²) in [4.78, 5) is 11.5. The fourth-order valence-electron chi connectivity index (χ4n) is 1.40. The zero-order valence-corrected chi connectivity index (χ0v) is 9.81. The lowest BCUT2D eigenvalue weighted by molar-refractivity contribution is -0.677. The third-order valence-corrected chi connectivity index (χ3v) is 2.24. The predicted molar refractivity (Wildman–Crippen MR) is 60.2 cm³/mol. The molecule has 1 rings (SSSR count). The maximum atomic E-state index is 8.25. The molecule has 1 aromatic heterocycles. The molecule has 0 aliphatic carbocycles. The minimum atomic E-state index is -1.75. The minimum absolute atomic E-state index is 1.18. The molecule has 0 atom stereocenters. The number of imidazole rings is 1. The Morgan fingerprint density at radius 2 is 2.00 bits per heavy atom. The second-order valence-electron chi connectivity index (χ2n) is 3.55. The van der Waals surface area contributed by atoms with Crippen LogP contribution >= 0.6 is 0 Å². The van der Waals surface area contributed by atoms with Crippen LogP contribution in [-0.2, 0) is 13.5 Å². The molecule has 1 aromatic rings. The molecule has 0 unspecified atom stereocenters. The summed E-state index contributed by atoms with van der Waals surface area (Å²) in [5, 5.41) is 14.8. The fraction of sp³-hybridized carbons (Fsp3) is 0.700. The normalized spacial score (nSPS) is 9.38. The van der Waals surface area contributed by atoms with E-state index in [1.807, 2.05) is 6.20 Å². The molecule has 6 nitrogen and oxygen atoms in total. The first-order chi connectivity index (χ1) is 7.57. The summed E-state index contributed by atoms with van der Waals surface area (Å²) in [6.07, 6.45) is 10.6. The van der Waals surface area contributed by atoms with E-state index in [4.69, 9.17) is 15.3 Å². The van der Waals surface area contributed by atoms with Gasteiger partial charge < -0.3 is 15.3 Å². The number of hydrogen-bond acceptors (Lipinski definition) is 3. The Labute approximate surface area is 95.0 Å². The van der Waals surface area contributed by atoms with Crippen molar-refractivity contribution in [3.63, 3.8) is 0 Å². The summed E-state index contributed by atoms with van der Waals surface area (Å²) in [5.41, 5.74) is 0. The third kappa shape index (κ3) is 7.78. The van der Waals surface area contributed by atoms with E-state index in [1.54, 1.807) is 0 Å². The van der Waals surface area contributed by atoms with Crippen molar-refractivity contribution in [1.29, 1.82) is 0 Å². The summed E-state index contributed by atoms with van der Waals surface area (Å²) in [5.74, 6) is 1.34. The van der Waals surface area contributed by atoms with Gasteiger partial charge in [0.2, 0.25) is 0 Å². The SMILES string of the molecule is CCCCCCc1[nH]cc[n+]1C.O=[N+]([O-])[O-]. The molecule has 0 bridgehead atoms. The molecule has 0 radical (unpaired) electrons. The Morgan fingerprint density at radius 1 is 1.38 bits per heavy atom. The molecule has 0 fully saturated rings. The van der Waals surface area contributed by atoms with Crippen LogP contribution in [-0.4, -0.2) is 10.1 Å². The van der Waals surface area contributed by atoms with Crippen molar-refractivity contribution in [3.05, 3.63) is 33.5 Å². The van der Waals surface area contributed by atoms with E-state index in [2.05, 4.69) is 29.7 Å². The summed E-state index contributed by atoms with van der Waals surface area (Å²) >= 11 is 0. The Balaban J connectivity index is 0.000000487. The first-order valence-corrected chi connectivity index (χ1v) is 5.41. The summed E-state index contributed by atoms with van der Waals surface area (Å²) in [6.45, 7) is 2.24. The summed E-state index contributed by atoms with van der Waals surface area (Å²) < 4.78 is 2.16. The second kappa shape index (κ2) is 8.70. The van der Waals surface area contributed by atoms with Gasteiger partial charge in [0.1, 0.15) is 12.4 Å². The zero-order chi connectivity index (χ0) is 12.4. The highest BCUT2D eigenvalue weighted by molar-refractivity contribution is 4.76. The van der Waals surface area contributed by atoms with E-state index >= 15 is 0 Å². The van der Waals surface area contributed by atoms with E-state index < -0.39 is 5.09 Å².